The fraction of sp³-hybridized carbons (Fsp3) is 0.867. The predicted molar refractivity (Wildman–Crippen MR) is 78.1 cm³/mol. The SMILES string of the molecule is CCCC1CCCN(C(=O)NC2COCC2C(=O)O)CC1. The monoisotopic (exact) mass is 298 g/mol. The first-order valence-corrected chi connectivity index (χ1v) is 7.97. The van der Waals surface area contributed by atoms with Gasteiger partial charge in [-0.1, -0.05) is 19.8 Å². The van der Waals surface area contributed by atoms with E-state index < -0.39 is 17.9 Å². The van der Waals surface area contributed by atoms with E-state index in [0.717, 1.165) is 31.8 Å². The molecule has 0 spiro atoms. The number of rotatable bonds is 4. The third-order valence-corrected chi connectivity index (χ3v) is 4.54. The number of nitrogens with one attached hydrogen (secondary N) is 1. The van der Waals surface area contributed by atoms with Gasteiger partial charge in [-0.05, 0) is 25.2 Å². The highest BCUT2D eigenvalue weighted by Gasteiger charge is 2.36. The van der Waals surface area contributed by atoms with Gasteiger partial charge in [0, 0.05) is 13.1 Å². The number of likely N-dealkylation sites (tertiary alicyclic amines) is 1. The maximum Gasteiger partial charge on any atom is 0.317 e. The van der Waals surface area contributed by atoms with Gasteiger partial charge in [0.1, 0.15) is 5.92 Å². The van der Waals surface area contributed by atoms with Gasteiger partial charge in [-0.2, -0.15) is 0 Å². The zero-order valence-corrected chi connectivity index (χ0v) is 12.7. The fourth-order valence-electron chi connectivity index (χ4n) is 3.26. The van der Waals surface area contributed by atoms with Gasteiger partial charge in [0.05, 0.1) is 19.3 Å². The highest BCUT2D eigenvalue weighted by atomic mass is 16.5. The zero-order chi connectivity index (χ0) is 15.2. The highest BCUT2D eigenvalue weighted by molar-refractivity contribution is 5.77. The van der Waals surface area contributed by atoms with Crippen molar-refractivity contribution in [3.8, 4) is 0 Å². The number of nitrogens with zero attached hydrogens (tertiary/aromatic N) is 1. The second-order valence-corrected chi connectivity index (χ2v) is 6.11. The van der Waals surface area contributed by atoms with Crippen molar-refractivity contribution in [2.75, 3.05) is 26.3 Å². The predicted octanol–water partition coefficient (Wildman–Crippen LogP) is 1.70. The van der Waals surface area contributed by atoms with E-state index in [4.69, 9.17) is 9.84 Å². The molecule has 120 valence electrons. The number of carbonyl (C=O) groups excluding carboxylic acids is 1. The van der Waals surface area contributed by atoms with Gasteiger partial charge in [0.15, 0.2) is 0 Å². The molecule has 21 heavy (non-hydrogen) atoms. The number of urea groups is 1. The standard InChI is InChI=1S/C15H26N2O4/c1-2-4-11-5-3-7-17(8-6-11)15(20)16-13-10-21-9-12(13)14(18)19/h11-13H,2-10H2,1H3,(H,16,20)(H,18,19). The fourth-order valence-corrected chi connectivity index (χ4v) is 3.26. The molecule has 0 radical (unpaired) electrons. The van der Waals surface area contributed by atoms with Crippen LogP contribution >= 0.6 is 0 Å². The van der Waals surface area contributed by atoms with Gasteiger partial charge in [-0.25, -0.2) is 4.79 Å². The van der Waals surface area contributed by atoms with Crippen molar-refractivity contribution < 1.29 is 19.4 Å². The Hall–Kier alpha value is -1.30. The lowest BCUT2D eigenvalue weighted by atomic mass is 9.96. The van der Waals surface area contributed by atoms with Crippen LogP contribution in [0.4, 0.5) is 4.79 Å². The van der Waals surface area contributed by atoms with Crippen molar-refractivity contribution in [2.45, 2.75) is 45.1 Å². The minimum Gasteiger partial charge on any atom is -0.481 e. The molecule has 2 N–H and O–H groups in total. The molecular weight excluding hydrogens is 272 g/mol. The summed E-state index contributed by atoms with van der Waals surface area (Å²) >= 11 is 0. The molecule has 2 saturated heterocycles. The molecule has 2 fully saturated rings. The molecule has 0 saturated carbocycles. The molecule has 6 nitrogen and oxygen atoms in total. The number of carboxylic acids is 1. The molecule has 2 rings (SSSR count). The summed E-state index contributed by atoms with van der Waals surface area (Å²) in [5, 5.41) is 11.9. The number of carbonyl (C=O) groups is 2. The Morgan fingerprint density at radius 3 is 2.81 bits per heavy atom. The Balaban J connectivity index is 1.84. The van der Waals surface area contributed by atoms with E-state index in [1.807, 2.05) is 4.90 Å². The summed E-state index contributed by atoms with van der Waals surface area (Å²) < 4.78 is 5.18. The Bertz CT molecular complexity index is 375. The van der Waals surface area contributed by atoms with E-state index >= 15 is 0 Å². The van der Waals surface area contributed by atoms with Crippen molar-refractivity contribution in [2.24, 2.45) is 11.8 Å². The molecule has 0 aliphatic carbocycles. The van der Waals surface area contributed by atoms with Gasteiger partial charge in [0.2, 0.25) is 0 Å². The topological polar surface area (TPSA) is 78.9 Å². The van der Waals surface area contributed by atoms with Crippen LogP contribution in [-0.4, -0.2) is 54.4 Å². The molecule has 0 aromatic heterocycles. The number of aliphatic carboxylic acids is 1. The van der Waals surface area contributed by atoms with E-state index in [1.54, 1.807) is 0 Å². The van der Waals surface area contributed by atoms with Crippen LogP contribution in [0.25, 0.3) is 0 Å². The number of ether oxygens (including phenoxy) is 1. The number of hydrogen-bond donors (Lipinski definition) is 2. The average molecular weight is 298 g/mol. The van der Waals surface area contributed by atoms with Crippen LogP contribution < -0.4 is 5.32 Å². The van der Waals surface area contributed by atoms with Gasteiger partial charge in [-0.15, -0.1) is 0 Å². The molecule has 2 aliphatic heterocycles. The minimum absolute atomic E-state index is 0.145. The largest absolute Gasteiger partial charge is 0.481 e. The summed E-state index contributed by atoms with van der Waals surface area (Å²) in [6, 6.07) is -0.557. The Morgan fingerprint density at radius 1 is 1.29 bits per heavy atom. The summed E-state index contributed by atoms with van der Waals surface area (Å²) in [5.74, 6) is -0.820. The molecule has 0 aromatic rings. The lowest BCUT2D eigenvalue weighted by Crippen LogP contribution is -2.49. The van der Waals surface area contributed by atoms with Crippen LogP contribution in [0.2, 0.25) is 0 Å². The molecule has 0 aromatic carbocycles. The van der Waals surface area contributed by atoms with Crippen LogP contribution in [0.3, 0.4) is 0 Å². The first-order valence-electron chi connectivity index (χ1n) is 7.97. The van der Waals surface area contributed by atoms with Gasteiger partial charge in [-0.3, -0.25) is 4.79 Å². The minimum atomic E-state index is -0.906. The third-order valence-electron chi connectivity index (χ3n) is 4.54. The van der Waals surface area contributed by atoms with Crippen molar-refractivity contribution >= 4 is 12.0 Å². The maximum absolute atomic E-state index is 12.3. The van der Waals surface area contributed by atoms with Gasteiger partial charge >= 0.3 is 12.0 Å². The molecular formula is C15H26N2O4. The first kappa shape index (κ1) is 16.1. The van der Waals surface area contributed by atoms with Crippen LogP contribution in [0.5, 0.6) is 0 Å². The van der Waals surface area contributed by atoms with Crippen LogP contribution in [0.15, 0.2) is 0 Å². The average Bonchev–Trinajstić information content (AvgIpc) is 2.77. The van der Waals surface area contributed by atoms with Crippen molar-refractivity contribution in [1.82, 2.24) is 10.2 Å². The number of carboxylic acid groups (broad SMARTS) is 1. The van der Waals surface area contributed by atoms with E-state index in [9.17, 15) is 9.59 Å². The molecule has 6 heteroatoms. The number of hydrogen-bond acceptors (Lipinski definition) is 3. The van der Waals surface area contributed by atoms with Crippen LogP contribution in [0, 0.1) is 11.8 Å². The Morgan fingerprint density at radius 2 is 2.10 bits per heavy atom. The van der Waals surface area contributed by atoms with E-state index in [1.165, 1.54) is 19.3 Å². The van der Waals surface area contributed by atoms with Crippen molar-refractivity contribution in [3.63, 3.8) is 0 Å². The summed E-state index contributed by atoms with van der Waals surface area (Å²) in [5.41, 5.74) is 0. The van der Waals surface area contributed by atoms with Crippen molar-refractivity contribution in [1.29, 1.82) is 0 Å². The highest BCUT2D eigenvalue weighted by Crippen LogP contribution is 2.22. The molecule has 0 bridgehead atoms. The molecule has 2 heterocycles. The van der Waals surface area contributed by atoms with Crippen molar-refractivity contribution in [3.05, 3.63) is 0 Å². The quantitative estimate of drug-likeness (QED) is 0.828. The molecule has 3 unspecified atom stereocenters. The first-order chi connectivity index (χ1) is 10.1. The smallest absolute Gasteiger partial charge is 0.317 e. The molecule has 3 atom stereocenters. The van der Waals surface area contributed by atoms with E-state index in [-0.39, 0.29) is 19.2 Å². The van der Waals surface area contributed by atoms with Gasteiger partial charge < -0.3 is 20.1 Å². The van der Waals surface area contributed by atoms with Crippen LogP contribution in [-0.2, 0) is 9.53 Å². The lowest BCUT2D eigenvalue weighted by Gasteiger charge is -2.24. The van der Waals surface area contributed by atoms with E-state index in [2.05, 4.69) is 12.2 Å². The maximum atomic E-state index is 12.3. The third kappa shape index (κ3) is 4.33. The summed E-state index contributed by atoms with van der Waals surface area (Å²) in [4.78, 5) is 25.2. The van der Waals surface area contributed by atoms with Gasteiger partial charge in [0.25, 0.3) is 0 Å². The summed E-state index contributed by atoms with van der Waals surface area (Å²) in [6.45, 7) is 4.19. The second-order valence-electron chi connectivity index (χ2n) is 6.11. The molecule has 2 amide bonds. The van der Waals surface area contributed by atoms with E-state index in [0.29, 0.717) is 0 Å². The normalized spacial score (nSPS) is 30.0. The second kappa shape index (κ2) is 7.64. The zero-order valence-electron chi connectivity index (χ0n) is 12.7. The lowest BCUT2D eigenvalue weighted by molar-refractivity contribution is -0.142. The molecule has 2 aliphatic rings. The Labute approximate surface area is 125 Å². The summed E-state index contributed by atoms with van der Waals surface area (Å²) in [6.07, 6.45) is 5.68. The number of amides is 2. The summed E-state index contributed by atoms with van der Waals surface area (Å²) in [7, 11) is 0. The van der Waals surface area contributed by atoms with Crippen LogP contribution in [0.1, 0.15) is 39.0 Å². The Kier molecular flexibility index (Phi) is 5.85.